The third kappa shape index (κ3) is 3.46. The fraction of sp³-hybridized carbons (Fsp3) is 0.529. The first-order valence-electron chi connectivity index (χ1n) is 8.19. The summed E-state index contributed by atoms with van der Waals surface area (Å²) >= 11 is 3.19. The molecule has 1 aliphatic carbocycles. The first kappa shape index (κ1) is 18.4. The van der Waals surface area contributed by atoms with E-state index in [4.69, 9.17) is 0 Å². The lowest BCUT2D eigenvalue weighted by Gasteiger charge is -2.32. The number of halogens is 4. The largest absolute Gasteiger partial charge is 0.438 e. The monoisotopic (exact) mass is 418 g/mol. The molecule has 1 heterocycles. The number of rotatable bonds is 2. The Morgan fingerprint density at radius 3 is 2.56 bits per heavy atom. The zero-order valence-electron chi connectivity index (χ0n) is 13.4. The number of alkyl halides is 3. The minimum absolute atomic E-state index is 0.0331. The molecule has 1 aromatic rings. The van der Waals surface area contributed by atoms with Crippen molar-refractivity contribution < 1.29 is 23.1 Å². The van der Waals surface area contributed by atoms with Crippen LogP contribution < -0.4 is 0 Å². The van der Waals surface area contributed by atoms with Gasteiger partial charge in [-0.25, -0.2) is 0 Å². The van der Waals surface area contributed by atoms with Crippen molar-refractivity contribution in [2.45, 2.75) is 50.4 Å². The van der Waals surface area contributed by atoms with Crippen molar-refractivity contribution in [2.24, 2.45) is 11.0 Å². The van der Waals surface area contributed by atoms with Crippen LogP contribution >= 0.6 is 15.9 Å². The number of hydrogen-bond acceptors (Lipinski definition) is 3. The Hall–Kier alpha value is -1.41. The van der Waals surface area contributed by atoms with E-state index in [1.807, 2.05) is 0 Å². The Kier molecular flexibility index (Phi) is 4.94. The molecule has 2 aliphatic rings. The average Bonchev–Trinajstić information content (AvgIpc) is 2.94. The van der Waals surface area contributed by atoms with Crippen LogP contribution in [0.5, 0.6) is 0 Å². The van der Waals surface area contributed by atoms with Gasteiger partial charge in [-0.2, -0.15) is 23.3 Å². The van der Waals surface area contributed by atoms with Gasteiger partial charge in [-0.1, -0.05) is 41.3 Å². The standard InChI is InChI=1S/C17H18BrF3N2O2/c18-13-8-4-7-12(9-13)15(24)23-16(25,17(19,20)21)10-14(22-23)11-5-2-1-3-6-11/h4,7-9,11,25H,1-3,5-6,10H2. The van der Waals surface area contributed by atoms with Crippen LogP contribution in [0, 0.1) is 5.92 Å². The summed E-state index contributed by atoms with van der Waals surface area (Å²) in [6.07, 6.45) is -1.29. The summed E-state index contributed by atoms with van der Waals surface area (Å²) in [5.74, 6) is -1.07. The quantitative estimate of drug-likeness (QED) is 0.769. The lowest BCUT2D eigenvalue weighted by molar-refractivity contribution is -0.297. The van der Waals surface area contributed by atoms with Crippen molar-refractivity contribution in [1.82, 2.24) is 5.01 Å². The zero-order valence-corrected chi connectivity index (χ0v) is 15.0. The van der Waals surface area contributed by atoms with Crippen molar-refractivity contribution in [3.8, 4) is 0 Å². The minimum atomic E-state index is -4.99. The number of aliphatic hydroxyl groups is 1. The lowest BCUT2D eigenvalue weighted by atomic mass is 9.83. The van der Waals surface area contributed by atoms with Gasteiger partial charge < -0.3 is 5.11 Å². The second-order valence-corrected chi connectivity index (χ2v) is 7.46. The van der Waals surface area contributed by atoms with Crippen LogP contribution in [0.1, 0.15) is 48.9 Å². The summed E-state index contributed by atoms with van der Waals surface area (Å²) in [6, 6.07) is 6.02. The molecule has 4 nitrogen and oxygen atoms in total. The average molecular weight is 419 g/mol. The molecule has 25 heavy (non-hydrogen) atoms. The Bertz CT molecular complexity index is 701. The molecule has 0 spiro atoms. The first-order valence-corrected chi connectivity index (χ1v) is 8.98. The Morgan fingerprint density at radius 2 is 1.96 bits per heavy atom. The van der Waals surface area contributed by atoms with Crippen molar-refractivity contribution in [3.05, 3.63) is 34.3 Å². The highest BCUT2D eigenvalue weighted by Gasteiger charge is 2.63. The highest BCUT2D eigenvalue weighted by Crippen LogP contribution is 2.43. The Labute approximate surface area is 151 Å². The lowest BCUT2D eigenvalue weighted by Crippen LogP contribution is -2.56. The molecule has 1 fully saturated rings. The van der Waals surface area contributed by atoms with Gasteiger partial charge >= 0.3 is 6.18 Å². The molecule has 3 rings (SSSR count). The number of amides is 1. The second kappa shape index (κ2) is 6.72. The van der Waals surface area contributed by atoms with Gasteiger partial charge in [-0.15, -0.1) is 0 Å². The van der Waals surface area contributed by atoms with Crippen molar-refractivity contribution in [3.63, 3.8) is 0 Å². The molecule has 0 aromatic heterocycles. The number of benzene rings is 1. The zero-order chi connectivity index (χ0) is 18.2. The van der Waals surface area contributed by atoms with E-state index in [1.54, 1.807) is 12.1 Å². The van der Waals surface area contributed by atoms with Gasteiger partial charge in [0.15, 0.2) is 0 Å². The van der Waals surface area contributed by atoms with E-state index in [0.717, 1.165) is 32.1 Å². The predicted octanol–water partition coefficient (Wildman–Crippen LogP) is 4.48. The second-order valence-electron chi connectivity index (χ2n) is 6.54. The van der Waals surface area contributed by atoms with E-state index in [0.29, 0.717) is 4.47 Å². The molecule has 136 valence electrons. The van der Waals surface area contributed by atoms with Gasteiger partial charge in [0.2, 0.25) is 0 Å². The molecule has 1 atom stereocenters. The van der Waals surface area contributed by atoms with Crippen LogP contribution in [0.3, 0.4) is 0 Å². The molecule has 1 unspecified atom stereocenters. The van der Waals surface area contributed by atoms with Gasteiger partial charge in [0.25, 0.3) is 11.6 Å². The number of carbonyl (C=O) groups excluding carboxylic acids is 1. The van der Waals surface area contributed by atoms with E-state index in [1.165, 1.54) is 12.1 Å². The molecule has 0 radical (unpaired) electrons. The van der Waals surface area contributed by atoms with E-state index in [9.17, 15) is 23.1 Å². The van der Waals surface area contributed by atoms with Gasteiger partial charge in [0.05, 0.1) is 0 Å². The molecule has 1 N–H and O–H groups in total. The Morgan fingerprint density at radius 1 is 1.28 bits per heavy atom. The van der Waals surface area contributed by atoms with Crippen LogP contribution in [-0.4, -0.2) is 33.6 Å². The van der Waals surface area contributed by atoms with E-state index < -0.39 is 24.2 Å². The molecule has 0 bridgehead atoms. The van der Waals surface area contributed by atoms with Crippen molar-refractivity contribution >= 4 is 27.5 Å². The predicted molar refractivity (Wildman–Crippen MR) is 89.9 cm³/mol. The molecular formula is C17H18BrF3N2O2. The number of carbonyl (C=O) groups is 1. The van der Waals surface area contributed by atoms with Gasteiger partial charge in [-0.05, 0) is 37.0 Å². The summed E-state index contributed by atoms with van der Waals surface area (Å²) in [6.45, 7) is 0. The molecular weight excluding hydrogens is 401 g/mol. The maximum atomic E-state index is 13.6. The topological polar surface area (TPSA) is 52.9 Å². The van der Waals surface area contributed by atoms with E-state index in [-0.39, 0.29) is 22.2 Å². The maximum Gasteiger partial charge on any atom is 0.438 e. The normalized spacial score (nSPS) is 25.2. The molecule has 0 saturated heterocycles. The van der Waals surface area contributed by atoms with Crippen LogP contribution in [0.4, 0.5) is 13.2 Å². The molecule has 1 aliphatic heterocycles. The van der Waals surface area contributed by atoms with Crippen LogP contribution in [-0.2, 0) is 0 Å². The summed E-state index contributed by atoms with van der Waals surface area (Å²) in [4.78, 5) is 12.6. The first-order chi connectivity index (χ1) is 11.7. The summed E-state index contributed by atoms with van der Waals surface area (Å²) in [5, 5.41) is 14.5. The molecule has 1 aromatic carbocycles. The molecule has 8 heteroatoms. The fourth-order valence-electron chi connectivity index (χ4n) is 3.41. The highest BCUT2D eigenvalue weighted by atomic mass is 79.9. The van der Waals surface area contributed by atoms with E-state index in [2.05, 4.69) is 21.0 Å². The number of hydrazone groups is 1. The number of nitrogens with zero attached hydrogens (tertiary/aromatic N) is 2. The molecule has 1 amide bonds. The van der Waals surface area contributed by atoms with Crippen LogP contribution in [0.15, 0.2) is 33.8 Å². The summed E-state index contributed by atoms with van der Waals surface area (Å²) in [7, 11) is 0. The maximum absolute atomic E-state index is 13.6. The smallest absolute Gasteiger partial charge is 0.362 e. The van der Waals surface area contributed by atoms with E-state index >= 15 is 0 Å². The van der Waals surface area contributed by atoms with Gasteiger partial charge in [-0.3, -0.25) is 4.79 Å². The third-order valence-electron chi connectivity index (χ3n) is 4.80. The fourth-order valence-corrected chi connectivity index (χ4v) is 3.81. The van der Waals surface area contributed by atoms with Crippen LogP contribution in [0.2, 0.25) is 0 Å². The number of hydrogen-bond donors (Lipinski definition) is 1. The SMILES string of the molecule is O=C(c1cccc(Br)c1)N1N=C(C2CCCCC2)CC1(O)C(F)(F)F. The minimum Gasteiger partial charge on any atom is -0.362 e. The van der Waals surface area contributed by atoms with Crippen LogP contribution in [0.25, 0.3) is 0 Å². The Balaban J connectivity index is 1.96. The summed E-state index contributed by atoms with van der Waals surface area (Å²) < 4.78 is 41.3. The highest BCUT2D eigenvalue weighted by molar-refractivity contribution is 9.10. The molecule has 1 saturated carbocycles. The van der Waals surface area contributed by atoms with Gasteiger partial charge in [0, 0.05) is 22.2 Å². The van der Waals surface area contributed by atoms with Crippen molar-refractivity contribution in [1.29, 1.82) is 0 Å². The summed E-state index contributed by atoms with van der Waals surface area (Å²) in [5.41, 5.74) is -2.99. The van der Waals surface area contributed by atoms with Crippen molar-refractivity contribution in [2.75, 3.05) is 0 Å². The van der Waals surface area contributed by atoms with Gasteiger partial charge in [0.1, 0.15) is 0 Å². The third-order valence-corrected chi connectivity index (χ3v) is 5.29.